The largest absolute Gasteiger partial charge is 0.338 e. The molecular weight excluding hydrogens is 144 g/mol. The van der Waals surface area contributed by atoms with E-state index in [2.05, 4.69) is 15.5 Å². The molecule has 58 valence electrons. The van der Waals surface area contributed by atoms with Gasteiger partial charge in [-0.1, -0.05) is 5.16 Å². The minimum Gasteiger partial charge on any atom is -0.338 e. The number of aromatic nitrogens is 2. The van der Waals surface area contributed by atoms with Crippen LogP contribution in [0.2, 0.25) is 0 Å². The number of hydrogen-bond donors (Lipinski definition) is 1. The molecule has 0 aliphatic rings. The third kappa shape index (κ3) is 2.35. The van der Waals surface area contributed by atoms with Crippen molar-refractivity contribution in [1.29, 1.82) is 5.26 Å². The van der Waals surface area contributed by atoms with Crippen molar-refractivity contribution < 1.29 is 4.52 Å². The van der Waals surface area contributed by atoms with Crippen molar-refractivity contribution in [3.05, 3.63) is 11.7 Å². The lowest BCUT2D eigenvalue weighted by Gasteiger charge is -1.90. The van der Waals surface area contributed by atoms with Crippen LogP contribution in [0.25, 0.3) is 0 Å². The van der Waals surface area contributed by atoms with E-state index in [1.165, 1.54) is 0 Å². The lowest BCUT2D eigenvalue weighted by Crippen LogP contribution is -2.13. The molecule has 5 heteroatoms. The fraction of sp³-hybridized carbons (Fsp3) is 0.500. The van der Waals surface area contributed by atoms with Crippen molar-refractivity contribution in [3.8, 4) is 6.07 Å². The van der Waals surface area contributed by atoms with E-state index in [4.69, 9.17) is 9.78 Å². The summed E-state index contributed by atoms with van der Waals surface area (Å²) in [6.07, 6.45) is 0. The summed E-state index contributed by atoms with van der Waals surface area (Å²) in [6, 6.07) is 1.94. The molecule has 1 aromatic heterocycles. The lowest BCUT2D eigenvalue weighted by atomic mass is 10.6. The molecule has 1 aromatic rings. The quantitative estimate of drug-likeness (QED) is 0.487. The van der Waals surface area contributed by atoms with Crippen molar-refractivity contribution in [2.75, 3.05) is 6.54 Å². The van der Waals surface area contributed by atoms with Crippen LogP contribution in [-0.4, -0.2) is 16.7 Å². The van der Waals surface area contributed by atoms with E-state index < -0.39 is 0 Å². The van der Waals surface area contributed by atoms with Gasteiger partial charge in [-0.2, -0.15) is 10.2 Å². The smallest absolute Gasteiger partial charge is 0.240 e. The molecule has 0 fully saturated rings. The van der Waals surface area contributed by atoms with Crippen molar-refractivity contribution in [2.24, 2.45) is 0 Å². The fourth-order valence-electron chi connectivity index (χ4n) is 0.637. The average Bonchev–Trinajstić information content (AvgIpc) is 2.37. The van der Waals surface area contributed by atoms with Crippen molar-refractivity contribution >= 4 is 0 Å². The molecule has 0 aliphatic carbocycles. The molecule has 1 heterocycles. The summed E-state index contributed by atoms with van der Waals surface area (Å²) in [6.45, 7) is 2.49. The highest BCUT2D eigenvalue weighted by Gasteiger charge is 1.99. The Hall–Kier alpha value is -1.41. The number of rotatable bonds is 3. The highest BCUT2D eigenvalue weighted by atomic mass is 16.5. The average molecular weight is 152 g/mol. The van der Waals surface area contributed by atoms with Gasteiger partial charge in [-0.05, 0) is 6.92 Å². The number of hydrogen-bond acceptors (Lipinski definition) is 5. The Morgan fingerprint density at radius 2 is 2.55 bits per heavy atom. The Morgan fingerprint density at radius 1 is 1.73 bits per heavy atom. The highest BCUT2D eigenvalue weighted by Crippen LogP contribution is 1.93. The number of nitriles is 1. The Balaban J connectivity index is 2.34. The van der Waals surface area contributed by atoms with Crippen LogP contribution in [0.1, 0.15) is 11.7 Å². The Labute approximate surface area is 64.0 Å². The molecule has 11 heavy (non-hydrogen) atoms. The van der Waals surface area contributed by atoms with Crippen LogP contribution in [0.4, 0.5) is 0 Å². The van der Waals surface area contributed by atoms with Gasteiger partial charge in [0.15, 0.2) is 5.82 Å². The monoisotopic (exact) mass is 152 g/mol. The Kier molecular flexibility index (Phi) is 2.58. The van der Waals surface area contributed by atoms with Crippen molar-refractivity contribution in [1.82, 2.24) is 15.5 Å². The standard InChI is InChI=1S/C6H8N4O/c1-5-9-6(11-10-5)4-8-3-2-7/h8H,3-4H2,1H3. The van der Waals surface area contributed by atoms with E-state index in [1.807, 2.05) is 6.07 Å². The molecule has 5 nitrogen and oxygen atoms in total. The third-order valence-corrected chi connectivity index (χ3v) is 1.05. The van der Waals surface area contributed by atoms with Crippen LogP contribution in [-0.2, 0) is 6.54 Å². The molecule has 0 radical (unpaired) electrons. The van der Waals surface area contributed by atoms with E-state index in [0.717, 1.165) is 0 Å². The second kappa shape index (κ2) is 3.68. The van der Waals surface area contributed by atoms with Crippen LogP contribution in [0.15, 0.2) is 4.52 Å². The molecule has 1 rings (SSSR count). The van der Waals surface area contributed by atoms with Gasteiger partial charge >= 0.3 is 0 Å². The molecular formula is C6H8N4O. The minimum absolute atomic E-state index is 0.293. The topological polar surface area (TPSA) is 74.7 Å². The highest BCUT2D eigenvalue weighted by molar-refractivity contribution is 4.83. The van der Waals surface area contributed by atoms with Gasteiger partial charge in [0.1, 0.15) is 0 Å². The van der Waals surface area contributed by atoms with E-state index in [1.54, 1.807) is 6.92 Å². The van der Waals surface area contributed by atoms with Gasteiger partial charge < -0.3 is 4.52 Å². The van der Waals surface area contributed by atoms with Gasteiger partial charge in [-0.15, -0.1) is 0 Å². The molecule has 0 atom stereocenters. The van der Waals surface area contributed by atoms with Crippen LogP contribution >= 0.6 is 0 Å². The number of nitrogens with zero attached hydrogens (tertiary/aromatic N) is 3. The van der Waals surface area contributed by atoms with Crippen molar-refractivity contribution in [3.63, 3.8) is 0 Å². The Morgan fingerprint density at radius 3 is 3.09 bits per heavy atom. The fourth-order valence-corrected chi connectivity index (χ4v) is 0.637. The third-order valence-electron chi connectivity index (χ3n) is 1.05. The predicted molar refractivity (Wildman–Crippen MR) is 36.4 cm³/mol. The van der Waals surface area contributed by atoms with Gasteiger partial charge in [0.25, 0.3) is 0 Å². The molecule has 1 N–H and O–H groups in total. The zero-order valence-corrected chi connectivity index (χ0v) is 6.16. The minimum atomic E-state index is 0.293. The molecule has 0 spiro atoms. The molecule has 0 saturated carbocycles. The summed E-state index contributed by atoms with van der Waals surface area (Å²) < 4.78 is 4.78. The van der Waals surface area contributed by atoms with Gasteiger partial charge in [0.2, 0.25) is 5.89 Å². The maximum atomic E-state index is 8.17. The zero-order chi connectivity index (χ0) is 8.10. The number of aryl methyl sites for hydroxylation is 1. The van der Waals surface area contributed by atoms with Gasteiger partial charge in [0, 0.05) is 0 Å². The summed E-state index contributed by atoms with van der Waals surface area (Å²) in [5.74, 6) is 1.12. The first-order valence-corrected chi connectivity index (χ1v) is 3.20. The first kappa shape index (κ1) is 7.69. The lowest BCUT2D eigenvalue weighted by molar-refractivity contribution is 0.367. The van der Waals surface area contributed by atoms with E-state index in [-0.39, 0.29) is 0 Å². The first-order chi connectivity index (χ1) is 5.33. The normalized spacial score (nSPS) is 9.45. The summed E-state index contributed by atoms with van der Waals surface area (Å²) in [7, 11) is 0. The predicted octanol–water partition coefficient (Wildman–Crippen LogP) is -0.00880. The summed E-state index contributed by atoms with van der Waals surface area (Å²) in [4.78, 5) is 3.93. The van der Waals surface area contributed by atoms with E-state index >= 15 is 0 Å². The summed E-state index contributed by atoms with van der Waals surface area (Å²) in [5, 5.41) is 14.6. The van der Waals surface area contributed by atoms with Crippen LogP contribution in [0.3, 0.4) is 0 Å². The second-order valence-corrected chi connectivity index (χ2v) is 2.00. The van der Waals surface area contributed by atoms with Crippen LogP contribution in [0.5, 0.6) is 0 Å². The van der Waals surface area contributed by atoms with Gasteiger partial charge in [0.05, 0.1) is 19.2 Å². The SMILES string of the molecule is Cc1noc(CNCC#N)n1. The van der Waals surface area contributed by atoms with Gasteiger partial charge in [-0.3, -0.25) is 5.32 Å². The second-order valence-electron chi connectivity index (χ2n) is 2.00. The Bertz CT molecular complexity index is 262. The van der Waals surface area contributed by atoms with Crippen molar-refractivity contribution in [2.45, 2.75) is 13.5 Å². The van der Waals surface area contributed by atoms with Crippen LogP contribution in [0, 0.1) is 18.3 Å². The van der Waals surface area contributed by atoms with Crippen LogP contribution < -0.4 is 5.32 Å². The molecule has 0 aliphatic heterocycles. The van der Waals surface area contributed by atoms with E-state index in [0.29, 0.717) is 24.8 Å². The van der Waals surface area contributed by atoms with E-state index in [9.17, 15) is 0 Å². The summed E-state index contributed by atoms with van der Waals surface area (Å²) in [5.41, 5.74) is 0. The molecule has 0 unspecified atom stereocenters. The first-order valence-electron chi connectivity index (χ1n) is 3.20. The summed E-state index contributed by atoms with van der Waals surface area (Å²) >= 11 is 0. The molecule has 0 amide bonds. The molecule has 0 bridgehead atoms. The zero-order valence-electron chi connectivity index (χ0n) is 6.16. The maximum absolute atomic E-state index is 8.17. The van der Waals surface area contributed by atoms with Gasteiger partial charge in [-0.25, -0.2) is 0 Å². The number of nitrogens with one attached hydrogen (secondary N) is 1. The molecule has 0 saturated heterocycles. The molecule has 0 aromatic carbocycles. The maximum Gasteiger partial charge on any atom is 0.240 e.